The highest BCUT2D eigenvalue weighted by Gasteiger charge is 2.09. The highest BCUT2D eigenvalue weighted by atomic mass is 15.4. The van der Waals surface area contributed by atoms with Crippen molar-refractivity contribution >= 4 is 5.82 Å². The first-order chi connectivity index (χ1) is 6.66. The van der Waals surface area contributed by atoms with Gasteiger partial charge in [-0.1, -0.05) is 5.21 Å². The Kier molecular flexibility index (Phi) is 1.88. The summed E-state index contributed by atoms with van der Waals surface area (Å²) in [5.41, 5.74) is 7.71. The summed E-state index contributed by atoms with van der Waals surface area (Å²) >= 11 is 0. The molecule has 0 aliphatic rings. The maximum absolute atomic E-state index is 5.68. The van der Waals surface area contributed by atoms with Gasteiger partial charge in [-0.15, -0.1) is 5.10 Å². The molecule has 0 aliphatic heterocycles. The van der Waals surface area contributed by atoms with Crippen LogP contribution in [0.25, 0.3) is 11.4 Å². The molecule has 6 nitrogen and oxygen atoms in total. The van der Waals surface area contributed by atoms with Crippen molar-refractivity contribution in [2.75, 3.05) is 5.73 Å². The standard InChI is InChI=1S/C8H10N6/c1-5-3-10-8(9)7(11-5)6-4-14(2)13-12-6/h3-4H,1-2H3,(H2,9,10). The molecule has 0 spiro atoms. The summed E-state index contributed by atoms with van der Waals surface area (Å²) in [5.74, 6) is 0.371. The second-order valence-electron chi connectivity index (χ2n) is 3.02. The average Bonchev–Trinajstić information content (AvgIpc) is 2.56. The summed E-state index contributed by atoms with van der Waals surface area (Å²) in [6.45, 7) is 1.85. The first-order valence-electron chi connectivity index (χ1n) is 4.12. The Labute approximate surface area is 80.8 Å². The Bertz CT molecular complexity index is 461. The molecule has 14 heavy (non-hydrogen) atoms. The van der Waals surface area contributed by atoms with Gasteiger partial charge in [0.25, 0.3) is 0 Å². The SMILES string of the molecule is Cc1cnc(N)c(-c2cn(C)nn2)n1. The van der Waals surface area contributed by atoms with Crippen molar-refractivity contribution in [1.82, 2.24) is 25.0 Å². The van der Waals surface area contributed by atoms with Crippen LogP contribution in [0.4, 0.5) is 5.82 Å². The molecule has 72 valence electrons. The van der Waals surface area contributed by atoms with E-state index in [0.29, 0.717) is 17.2 Å². The molecular weight excluding hydrogens is 180 g/mol. The largest absolute Gasteiger partial charge is 0.382 e. The van der Waals surface area contributed by atoms with Crippen molar-refractivity contribution in [3.8, 4) is 11.4 Å². The molecule has 0 amide bonds. The van der Waals surface area contributed by atoms with Crippen molar-refractivity contribution in [3.63, 3.8) is 0 Å². The minimum absolute atomic E-state index is 0.371. The number of rotatable bonds is 1. The summed E-state index contributed by atoms with van der Waals surface area (Å²) < 4.78 is 1.60. The summed E-state index contributed by atoms with van der Waals surface area (Å²) in [7, 11) is 1.79. The van der Waals surface area contributed by atoms with E-state index in [4.69, 9.17) is 5.73 Å². The van der Waals surface area contributed by atoms with Gasteiger partial charge in [0.05, 0.1) is 18.1 Å². The highest BCUT2D eigenvalue weighted by molar-refractivity contribution is 5.65. The van der Waals surface area contributed by atoms with Gasteiger partial charge >= 0.3 is 0 Å². The molecule has 2 aromatic heterocycles. The van der Waals surface area contributed by atoms with Gasteiger partial charge in [0.1, 0.15) is 11.4 Å². The fraction of sp³-hybridized carbons (Fsp3) is 0.250. The maximum Gasteiger partial charge on any atom is 0.151 e. The molecule has 6 heteroatoms. The van der Waals surface area contributed by atoms with Gasteiger partial charge in [-0.25, -0.2) is 9.97 Å². The van der Waals surface area contributed by atoms with Crippen molar-refractivity contribution < 1.29 is 0 Å². The fourth-order valence-electron chi connectivity index (χ4n) is 1.13. The van der Waals surface area contributed by atoms with E-state index >= 15 is 0 Å². The van der Waals surface area contributed by atoms with E-state index in [1.807, 2.05) is 6.92 Å². The Hall–Kier alpha value is -1.98. The fourth-order valence-corrected chi connectivity index (χ4v) is 1.13. The van der Waals surface area contributed by atoms with Gasteiger partial charge in [-0.3, -0.25) is 4.68 Å². The van der Waals surface area contributed by atoms with Crippen LogP contribution in [0.3, 0.4) is 0 Å². The molecule has 0 bridgehead atoms. The highest BCUT2D eigenvalue weighted by Crippen LogP contribution is 2.18. The van der Waals surface area contributed by atoms with Gasteiger partial charge in [0.15, 0.2) is 5.82 Å². The van der Waals surface area contributed by atoms with E-state index in [1.54, 1.807) is 24.1 Å². The lowest BCUT2D eigenvalue weighted by Gasteiger charge is -2.00. The topological polar surface area (TPSA) is 82.5 Å². The van der Waals surface area contributed by atoms with Gasteiger partial charge in [-0.05, 0) is 6.92 Å². The Morgan fingerprint density at radius 2 is 2.21 bits per heavy atom. The summed E-state index contributed by atoms with van der Waals surface area (Å²) in [6.07, 6.45) is 3.37. The van der Waals surface area contributed by atoms with Crippen LogP contribution in [0, 0.1) is 6.92 Å². The van der Waals surface area contributed by atoms with Crippen LogP contribution >= 0.6 is 0 Å². The van der Waals surface area contributed by atoms with Crippen LogP contribution < -0.4 is 5.73 Å². The van der Waals surface area contributed by atoms with Crippen LogP contribution in [-0.2, 0) is 7.05 Å². The van der Waals surface area contributed by atoms with Gasteiger partial charge in [-0.2, -0.15) is 0 Å². The van der Waals surface area contributed by atoms with E-state index in [-0.39, 0.29) is 0 Å². The van der Waals surface area contributed by atoms with Gasteiger partial charge < -0.3 is 5.73 Å². The first-order valence-corrected chi connectivity index (χ1v) is 4.12. The van der Waals surface area contributed by atoms with Crippen LogP contribution in [0.1, 0.15) is 5.69 Å². The number of nitrogens with zero attached hydrogens (tertiary/aromatic N) is 5. The quantitative estimate of drug-likeness (QED) is 0.692. The Morgan fingerprint density at radius 3 is 2.86 bits per heavy atom. The third kappa shape index (κ3) is 1.41. The second-order valence-corrected chi connectivity index (χ2v) is 3.02. The van der Waals surface area contributed by atoms with Crippen molar-refractivity contribution in [2.24, 2.45) is 7.05 Å². The molecule has 2 heterocycles. The zero-order valence-corrected chi connectivity index (χ0v) is 7.97. The predicted molar refractivity (Wildman–Crippen MR) is 51.2 cm³/mol. The molecule has 0 unspecified atom stereocenters. The van der Waals surface area contributed by atoms with E-state index in [1.165, 1.54) is 0 Å². The van der Waals surface area contributed by atoms with Crippen LogP contribution in [-0.4, -0.2) is 25.0 Å². The molecule has 2 aromatic rings. The van der Waals surface area contributed by atoms with Gasteiger partial charge in [0.2, 0.25) is 0 Å². The number of nitrogen functional groups attached to an aromatic ring is 1. The van der Waals surface area contributed by atoms with E-state index in [9.17, 15) is 0 Å². The number of hydrogen-bond donors (Lipinski definition) is 1. The smallest absolute Gasteiger partial charge is 0.151 e. The molecule has 0 radical (unpaired) electrons. The third-order valence-corrected chi connectivity index (χ3v) is 1.77. The Morgan fingerprint density at radius 1 is 1.43 bits per heavy atom. The van der Waals surface area contributed by atoms with E-state index in [0.717, 1.165) is 5.69 Å². The lowest BCUT2D eigenvalue weighted by molar-refractivity contribution is 0.715. The lowest BCUT2D eigenvalue weighted by Crippen LogP contribution is -1.98. The second kappa shape index (κ2) is 3.06. The third-order valence-electron chi connectivity index (χ3n) is 1.77. The summed E-state index contributed by atoms with van der Waals surface area (Å²) in [5, 5.41) is 7.73. The first kappa shape index (κ1) is 8.61. The summed E-state index contributed by atoms with van der Waals surface area (Å²) in [4.78, 5) is 8.26. The van der Waals surface area contributed by atoms with E-state index in [2.05, 4.69) is 20.3 Å². The molecule has 2 N–H and O–H groups in total. The van der Waals surface area contributed by atoms with Crippen molar-refractivity contribution in [3.05, 3.63) is 18.1 Å². The minimum atomic E-state index is 0.371. The molecule has 0 saturated carbocycles. The monoisotopic (exact) mass is 190 g/mol. The molecule has 0 atom stereocenters. The maximum atomic E-state index is 5.68. The zero-order chi connectivity index (χ0) is 10.1. The molecule has 0 saturated heterocycles. The Balaban J connectivity index is 2.55. The number of aryl methyl sites for hydroxylation is 2. The lowest BCUT2D eigenvalue weighted by atomic mass is 10.3. The summed E-state index contributed by atoms with van der Waals surface area (Å²) in [6, 6.07) is 0. The molecule has 0 aliphatic carbocycles. The van der Waals surface area contributed by atoms with Gasteiger partial charge in [0, 0.05) is 7.05 Å². The molecule has 0 aromatic carbocycles. The molecule has 0 fully saturated rings. The predicted octanol–water partition coefficient (Wildman–Crippen LogP) is 0.163. The average molecular weight is 190 g/mol. The van der Waals surface area contributed by atoms with Crippen LogP contribution in [0.15, 0.2) is 12.4 Å². The van der Waals surface area contributed by atoms with Crippen molar-refractivity contribution in [2.45, 2.75) is 6.92 Å². The van der Waals surface area contributed by atoms with E-state index < -0.39 is 0 Å². The van der Waals surface area contributed by atoms with Crippen LogP contribution in [0.5, 0.6) is 0 Å². The minimum Gasteiger partial charge on any atom is -0.382 e. The normalized spacial score (nSPS) is 10.4. The molecular formula is C8H10N6. The number of anilines is 1. The molecule has 2 rings (SSSR count). The number of aromatic nitrogens is 5. The number of nitrogens with two attached hydrogens (primary N) is 1. The zero-order valence-electron chi connectivity index (χ0n) is 7.97. The van der Waals surface area contributed by atoms with Crippen molar-refractivity contribution in [1.29, 1.82) is 0 Å². The van der Waals surface area contributed by atoms with Crippen LogP contribution in [0.2, 0.25) is 0 Å². The number of hydrogen-bond acceptors (Lipinski definition) is 5.